The highest BCUT2D eigenvalue weighted by atomic mass is 32.2. The third-order valence-corrected chi connectivity index (χ3v) is 4.12. The number of hydrogen-bond acceptors (Lipinski definition) is 4. The fourth-order valence-electron chi connectivity index (χ4n) is 1.83. The van der Waals surface area contributed by atoms with E-state index in [2.05, 4.69) is 0 Å². The predicted octanol–water partition coefficient (Wildman–Crippen LogP) is 3.05. The molecule has 0 fully saturated rings. The van der Waals surface area contributed by atoms with Crippen molar-refractivity contribution in [1.29, 1.82) is 0 Å². The van der Waals surface area contributed by atoms with Gasteiger partial charge in [-0.25, -0.2) is 0 Å². The number of aliphatic hydroxyl groups excluding tert-OH is 1. The van der Waals surface area contributed by atoms with Crippen molar-refractivity contribution in [3.8, 4) is 0 Å². The molecule has 1 N–H and O–H groups in total. The summed E-state index contributed by atoms with van der Waals surface area (Å²) < 4.78 is 4.81. The first kappa shape index (κ1) is 14.6. The van der Waals surface area contributed by atoms with Crippen molar-refractivity contribution in [3.05, 3.63) is 66.2 Å². The minimum Gasteiger partial charge on any atom is -0.468 e. The molecular formula is C16H16O3S. The molecule has 0 saturated carbocycles. The lowest BCUT2D eigenvalue weighted by Crippen LogP contribution is -2.26. The Kier molecular flexibility index (Phi) is 5.21. The molecule has 0 heterocycles. The maximum absolute atomic E-state index is 11.9. The van der Waals surface area contributed by atoms with Crippen LogP contribution in [0.5, 0.6) is 0 Å². The molecule has 0 aromatic heterocycles. The highest BCUT2D eigenvalue weighted by molar-refractivity contribution is 8.00. The molecule has 2 aromatic carbocycles. The Morgan fingerprint density at radius 1 is 1.05 bits per heavy atom. The number of hydrogen-bond donors (Lipinski definition) is 1. The van der Waals surface area contributed by atoms with Crippen molar-refractivity contribution < 1.29 is 14.6 Å². The lowest BCUT2D eigenvalue weighted by atomic mass is 10.1. The van der Waals surface area contributed by atoms with E-state index in [-0.39, 0.29) is 0 Å². The Morgan fingerprint density at radius 3 is 2.15 bits per heavy atom. The van der Waals surface area contributed by atoms with E-state index in [1.165, 1.54) is 18.9 Å². The van der Waals surface area contributed by atoms with E-state index < -0.39 is 17.3 Å². The van der Waals surface area contributed by atoms with Gasteiger partial charge in [-0.3, -0.25) is 4.79 Å². The van der Waals surface area contributed by atoms with E-state index in [1.54, 1.807) is 12.1 Å². The van der Waals surface area contributed by atoms with Gasteiger partial charge in [0, 0.05) is 4.90 Å². The molecule has 0 amide bonds. The van der Waals surface area contributed by atoms with Gasteiger partial charge in [-0.2, -0.15) is 0 Å². The summed E-state index contributed by atoms with van der Waals surface area (Å²) in [5, 5.41) is 9.73. The predicted molar refractivity (Wildman–Crippen MR) is 79.5 cm³/mol. The van der Waals surface area contributed by atoms with Gasteiger partial charge in [0.2, 0.25) is 0 Å². The number of rotatable bonds is 5. The third kappa shape index (κ3) is 3.62. The van der Waals surface area contributed by atoms with Crippen LogP contribution in [0.4, 0.5) is 0 Å². The van der Waals surface area contributed by atoms with Crippen LogP contribution < -0.4 is 0 Å². The highest BCUT2D eigenvalue weighted by Gasteiger charge is 2.30. The molecule has 4 heteroatoms. The smallest absolute Gasteiger partial charge is 0.322 e. The number of carbonyl (C=O) groups is 1. The summed E-state index contributed by atoms with van der Waals surface area (Å²) in [6, 6.07) is 18.6. The molecule has 0 saturated heterocycles. The molecule has 0 unspecified atom stereocenters. The standard InChI is InChI=1S/C16H16O3S/c1-19-16(18)15(20-13-10-6-3-7-11-13)14(17)12-8-4-2-5-9-12/h2-11,14-15,17H,1H3/t14-,15-/m1/s1. The normalized spacial score (nSPS) is 13.5. The van der Waals surface area contributed by atoms with E-state index in [1.807, 2.05) is 48.5 Å². The Hall–Kier alpha value is -1.78. The van der Waals surface area contributed by atoms with Crippen LogP contribution in [0.15, 0.2) is 65.6 Å². The van der Waals surface area contributed by atoms with Crippen molar-refractivity contribution in [2.24, 2.45) is 0 Å². The molecule has 2 atom stereocenters. The molecule has 2 rings (SSSR count). The van der Waals surface area contributed by atoms with Crippen LogP contribution in [-0.2, 0) is 9.53 Å². The van der Waals surface area contributed by atoms with E-state index in [9.17, 15) is 9.90 Å². The summed E-state index contributed by atoms with van der Waals surface area (Å²) in [4.78, 5) is 12.8. The van der Waals surface area contributed by atoms with E-state index >= 15 is 0 Å². The summed E-state index contributed by atoms with van der Waals surface area (Å²) in [6.45, 7) is 0. The van der Waals surface area contributed by atoms with Gasteiger partial charge in [-0.05, 0) is 17.7 Å². The van der Waals surface area contributed by atoms with Gasteiger partial charge in [0.15, 0.2) is 0 Å². The van der Waals surface area contributed by atoms with Crippen LogP contribution in [-0.4, -0.2) is 23.4 Å². The minimum absolute atomic E-state index is 0.435. The SMILES string of the molecule is COC(=O)[C@H](Sc1ccccc1)[C@H](O)c1ccccc1. The molecule has 0 aliphatic carbocycles. The maximum atomic E-state index is 11.9. The fourth-order valence-corrected chi connectivity index (χ4v) is 2.91. The zero-order valence-corrected chi connectivity index (χ0v) is 11.9. The van der Waals surface area contributed by atoms with Crippen molar-refractivity contribution in [2.45, 2.75) is 16.2 Å². The molecule has 0 aliphatic rings. The Balaban J connectivity index is 2.22. The average molecular weight is 288 g/mol. The number of thioether (sulfide) groups is 1. The monoisotopic (exact) mass is 288 g/mol. The zero-order chi connectivity index (χ0) is 14.4. The number of esters is 1. The molecule has 2 aromatic rings. The molecule has 20 heavy (non-hydrogen) atoms. The van der Waals surface area contributed by atoms with Crippen LogP contribution in [0.2, 0.25) is 0 Å². The van der Waals surface area contributed by atoms with Crippen LogP contribution in [0, 0.1) is 0 Å². The van der Waals surface area contributed by atoms with E-state index in [0.717, 1.165) is 4.90 Å². The summed E-state index contributed by atoms with van der Waals surface area (Å²) in [5.41, 5.74) is 0.700. The van der Waals surface area contributed by atoms with Crippen molar-refractivity contribution in [3.63, 3.8) is 0 Å². The third-order valence-electron chi connectivity index (χ3n) is 2.87. The van der Waals surface area contributed by atoms with Crippen molar-refractivity contribution in [2.75, 3.05) is 7.11 Å². The number of carbonyl (C=O) groups excluding carboxylic acids is 1. The molecule has 104 valence electrons. The highest BCUT2D eigenvalue weighted by Crippen LogP contribution is 2.32. The Bertz CT molecular complexity index is 542. The second kappa shape index (κ2) is 7.12. The lowest BCUT2D eigenvalue weighted by Gasteiger charge is -2.20. The van der Waals surface area contributed by atoms with Gasteiger partial charge in [-0.15, -0.1) is 11.8 Å². The van der Waals surface area contributed by atoms with E-state index in [0.29, 0.717) is 5.56 Å². The number of ether oxygens (including phenoxy) is 1. The van der Waals surface area contributed by atoms with Crippen LogP contribution >= 0.6 is 11.8 Å². The van der Waals surface area contributed by atoms with Gasteiger partial charge < -0.3 is 9.84 Å². The van der Waals surface area contributed by atoms with Crippen molar-refractivity contribution in [1.82, 2.24) is 0 Å². The number of methoxy groups -OCH3 is 1. The van der Waals surface area contributed by atoms with Gasteiger partial charge >= 0.3 is 5.97 Å². The second-order valence-corrected chi connectivity index (χ2v) is 5.45. The zero-order valence-electron chi connectivity index (χ0n) is 11.1. The first-order chi connectivity index (χ1) is 9.72. The van der Waals surface area contributed by atoms with Crippen molar-refractivity contribution >= 4 is 17.7 Å². The van der Waals surface area contributed by atoms with Crippen LogP contribution in [0.1, 0.15) is 11.7 Å². The van der Waals surface area contributed by atoms with Gasteiger partial charge in [0.05, 0.1) is 7.11 Å². The second-order valence-electron chi connectivity index (χ2n) is 4.23. The van der Waals surface area contributed by atoms with Gasteiger partial charge in [-0.1, -0.05) is 48.5 Å². The van der Waals surface area contributed by atoms with Crippen LogP contribution in [0.25, 0.3) is 0 Å². The van der Waals surface area contributed by atoms with Gasteiger partial charge in [0.25, 0.3) is 0 Å². The van der Waals surface area contributed by atoms with Crippen LogP contribution in [0.3, 0.4) is 0 Å². The summed E-state index contributed by atoms with van der Waals surface area (Å²) >= 11 is 1.30. The first-order valence-corrected chi connectivity index (χ1v) is 7.13. The molecule has 0 bridgehead atoms. The molecule has 3 nitrogen and oxygen atoms in total. The maximum Gasteiger partial charge on any atom is 0.322 e. The number of aliphatic hydroxyl groups is 1. The quantitative estimate of drug-likeness (QED) is 0.678. The first-order valence-electron chi connectivity index (χ1n) is 6.25. The molecular weight excluding hydrogens is 272 g/mol. The summed E-state index contributed by atoms with van der Waals surface area (Å²) in [5.74, 6) is -0.435. The molecule has 0 aliphatic heterocycles. The summed E-state index contributed by atoms with van der Waals surface area (Å²) in [6.07, 6.45) is -0.908. The Labute approximate surface area is 122 Å². The Morgan fingerprint density at radius 2 is 1.60 bits per heavy atom. The van der Waals surface area contributed by atoms with Gasteiger partial charge in [0.1, 0.15) is 11.4 Å². The average Bonchev–Trinajstić information content (AvgIpc) is 2.53. The fraction of sp³-hybridized carbons (Fsp3) is 0.188. The topological polar surface area (TPSA) is 46.5 Å². The minimum atomic E-state index is -0.908. The van der Waals surface area contributed by atoms with E-state index in [4.69, 9.17) is 4.74 Å². The molecule has 0 spiro atoms. The summed E-state index contributed by atoms with van der Waals surface area (Å²) in [7, 11) is 1.33. The largest absolute Gasteiger partial charge is 0.468 e. The lowest BCUT2D eigenvalue weighted by molar-refractivity contribution is -0.142. The number of benzene rings is 2. The molecule has 0 radical (unpaired) electrons.